The van der Waals surface area contributed by atoms with Gasteiger partial charge in [-0.3, -0.25) is 0 Å². The molecule has 1 heterocycles. The van der Waals surface area contributed by atoms with E-state index in [1.54, 1.807) is 23.5 Å². The lowest BCUT2D eigenvalue weighted by Crippen LogP contribution is -2.23. The molecule has 1 atom stereocenters. The number of benzene rings is 1. The predicted octanol–water partition coefficient (Wildman–Crippen LogP) is 3.99. The maximum atomic E-state index is 13.6. The number of hydrogen-bond acceptors (Lipinski definition) is 3. The van der Waals surface area contributed by atoms with Gasteiger partial charge in [0.25, 0.3) is 0 Å². The summed E-state index contributed by atoms with van der Waals surface area (Å²) in [6, 6.07) is 5.13. The highest BCUT2D eigenvalue weighted by atomic mass is 32.1. The monoisotopic (exact) mass is 278 g/mol. The Labute approximate surface area is 117 Å². The summed E-state index contributed by atoms with van der Waals surface area (Å²) in [7, 11) is 0. The van der Waals surface area contributed by atoms with Gasteiger partial charge in [-0.25, -0.2) is 9.37 Å². The van der Waals surface area contributed by atoms with Gasteiger partial charge in [-0.05, 0) is 50.1 Å². The number of halogens is 1. The summed E-state index contributed by atoms with van der Waals surface area (Å²) < 4.78 is 13.6. The summed E-state index contributed by atoms with van der Waals surface area (Å²) in [4.78, 5) is 4.53. The molecule has 0 fully saturated rings. The minimum atomic E-state index is -0.190. The number of aromatic nitrogens is 1. The molecule has 19 heavy (non-hydrogen) atoms. The predicted molar refractivity (Wildman–Crippen MR) is 78.1 cm³/mol. The van der Waals surface area contributed by atoms with Crippen molar-refractivity contribution in [3.8, 4) is 0 Å². The summed E-state index contributed by atoms with van der Waals surface area (Å²) in [5, 5.41) is 6.53. The molecule has 0 radical (unpaired) electrons. The fraction of sp³-hybridized carbons (Fsp3) is 0.400. The smallest absolute Gasteiger partial charge is 0.123 e. The van der Waals surface area contributed by atoms with Crippen molar-refractivity contribution in [3.05, 3.63) is 51.2 Å². The van der Waals surface area contributed by atoms with Crippen LogP contribution in [0.25, 0.3) is 0 Å². The molecule has 1 aromatic heterocycles. The Morgan fingerprint density at radius 2 is 2.11 bits per heavy atom. The fourth-order valence-electron chi connectivity index (χ4n) is 2.13. The standard InChI is InChI=1S/C15H19FN2S/c1-4-5-17-15(14-9-19-11(3)18-14)12-6-10(2)7-13(16)8-12/h6-9,15,17H,4-5H2,1-3H3. The van der Waals surface area contributed by atoms with E-state index in [0.717, 1.165) is 34.8 Å². The second kappa shape index (κ2) is 6.26. The average molecular weight is 278 g/mol. The van der Waals surface area contributed by atoms with E-state index in [1.807, 2.05) is 25.3 Å². The molecule has 1 N–H and O–H groups in total. The molecule has 0 aliphatic heterocycles. The normalized spacial score (nSPS) is 12.6. The van der Waals surface area contributed by atoms with Gasteiger partial charge in [-0.15, -0.1) is 11.3 Å². The lowest BCUT2D eigenvalue weighted by atomic mass is 10.0. The molecule has 0 spiro atoms. The minimum Gasteiger partial charge on any atom is -0.305 e. The molecule has 2 nitrogen and oxygen atoms in total. The van der Waals surface area contributed by atoms with Crippen molar-refractivity contribution in [2.75, 3.05) is 6.54 Å². The number of nitrogens with one attached hydrogen (secondary N) is 1. The number of thiazole rings is 1. The van der Waals surface area contributed by atoms with Crippen LogP contribution in [0.15, 0.2) is 23.6 Å². The molecule has 1 aromatic carbocycles. The van der Waals surface area contributed by atoms with Crippen LogP contribution in [0.2, 0.25) is 0 Å². The van der Waals surface area contributed by atoms with Crippen LogP contribution in [-0.4, -0.2) is 11.5 Å². The van der Waals surface area contributed by atoms with Gasteiger partial charge in [0.15, 0.2) is 0 Å². The van der Waals surface area contributed by atoms with Crippen molar-refractivity contribution in [3.63, 3.8) is 0 Å². The van der Waals surface area contributed by atoms with Gasteiger partial charge in [0.05, 0.1) is 16.7 Å². The van der Waals surface area contributed by atoms with Crippen LogP contribution in [0, 0.1) is 19.7 Å². The largest absolute Gasteiger partial charge is 0.305 e. The van der Waals surface area contributed by atoms with Crippen LogP contribution in [0.4, 0.5) is 4.39 Å². The van der Waals surface area contributed by atoms with E-state index in [9.17, 15) is 4.39 Å². The molecule has 0 saturated heterocycles. The Kier molecular flexibility index (Phi) is 4.66. The first kappa shape index (κ1) is 14.2. The van der Waals surface area contributed by atoms with Crippen LogP contribution in [0.3, 0.4) is 0 Å². The lowest BCUT2D eigenvalue weighted by molar-refractivity contribution is 0.577. The zero-order chi connectivity index (χ0) is 13.8. The van der Waals surface area contributed by atoms with E-state index in [0.29, 0.717) is 0 Å². The summed E-state index contributed by atoms with van der Waals surface area (Å²) in [6.07, 6.45) is 1.04. The molecule has 0 amide bonds. The number of nitrogens with zero attached hydrogens (tertiary/aromatic N) is 1. The average Bonchev–Trinajstić information content (AvgIpc) is 2.75. The second-order valence-electron chi connectivity index (χ2n) is 4.74. The van der Waals surface area contributed by atoms with Crippen molar-refractivity contribution < 1.29 is 4.39 Å². The molecule has 0 aliphatic rings. The van der Waals surface area contributed by atoms with Crippen LogP contribution < -0.4 is 5.32 Å². The van der Waals surface area contributed by atoms with Crippen LogP contribution in [-0.2, 0) is 0 Å². The fourth-order valence-corrected chi connectivity index (χ4v) is 2.76. The molecule has 1 unspecified atom stereocenters. The lowest BCUT2D eigenvalue weighted by Gasteiger charge is -2.17. The first-order valence-electron chi connectivity index (χ1n) is 6.52. The highest BCUT2D eigenvalue weighted by Crippen LogP contribution is 2.25. The van der Waals surface area contributed by atoms with Gasteiger partial charge in [0, 0.05) is 5.38 Å². The summed E-state index contributed by atoms with van der Waals surface area (Å²) in [6.45, 7) is 6.90. The molecule has 0 bridgehead atoms. The number of rotatable bonds is 5. The molecule has 102 valence electrons. The maximum Gasteiger partial charge on any atom is 0.123 e. The molecule has 2 aromatic rings. The van der Waals surface area contributed by atoms with E-state index in [-0.39, 0.29) is 11.9 Å². The summed E-state index contributed by atoms with van der Waals surface area (Å²) in [5.74, 6) is -0.190. The Hall–Kier alpha value is -1.26. The number of hydrogen-bond donors (Lipinski definition) is 1. The Morgan fingerprint density at radius 3 is 2.68 bits per heavy atom. The van der Waals surface area contributed by atoms with Crippen LogP contribution in [0.1, 0.15) is 41.2 Å². The second-order valence-corrected chi connectivity index (χ2v) is 5.80. The van der Waals surface area contributed by atoms with Crippen LogP contribution >= 0.6 is 11.3 Å². The van der Waals surface area contributed by atoms with E-state index >= 15 is 0 Å². The quantitative estimate of drug-likeness (QED) is 0.894. The molecular weight excluding hydrogens is 259 g/mol. The zero-order valence-corrected chi connectivity index (χ0v) is 12.4. The van der Waals surface area contributed by atoms with Crippen molar-refractivity contribution in [2.45, 2.75) is 33.2 Å². The van der Waals surface area contributed by atoms with Gasteiger partial charge >= 0.3 is 0 Å². The third kappa shape index (κ3) is 3.61. The van der Waals surface area contributed by atoms with Crippen molar-refractivity contribution in [2.24, 2.45) is 0 Å². The zero-order valence-electron chi connectivity index (χ0n) is 11.5. The van der Waals surface area contributed by atoms with E-state index in [4.69, 9.17) is 0 Å². The molecule has 0 saturated carbocycles. The van der Waals surface area contributed by atoms with Gasteiger partial charge < -0.3 is 5.32 Å². The van der Waals surface area contributed by atoms with Crippen molar-refractivity contribution in [1.29, 1.82) is 0 Å². The van der Waals surface area contributed by atoms with Crippen LogP contribution in [0.5, 0.6) is 0 Å². The Bertz CT molecular complexity index is 531. The molecule has 0 aliphatic carbocycles. The van der Waals surface area contributed by atoms with Crippen molar-refractivity contribution >= 4 is 11.3 Å². The highest BCUT2D eigenvalue weighted by molar-refractivity contribution is 7.09. The molecule has 4 heteroatoms. The SMILES string of the molecule is CCCNC(c1cc(C)cc(F)c1)c1csc(C)n1. The highest BCUT2D eigenvalue weighted by Gasteiger charge is 2.17. The first-order valence-corrected chi connectivity index (χ1v) is 7.40. The molecular formula is C15H19FN2S. The Morgan fingerprint density at radius 1 is 1.32 bits per heavy atom. The third-order valence-electron chi connectivity index (χ3n) is 2.93. The maximum absolute atomic E-state index is 13.6. The first-order chi connectivity index (χ1) is 9.10. The topological polar surface area (TPSA) is 24.9 Å². The summed E-state index contributed by atoms with van der Waals surface area (Å²) >= 11 is 1.62. The van der Waals surface area contributed by atoms with E-state index in [2.05, 4.69) is 17.2 Å². The third-order valence-corrected chi connectivity index (χ3v) is 3.72. The Balaban J connectivity index is 2.36. The molecule has 2 rings (SSSR count). The van der Waals surface area contributed by atoms with E-state index < -0.39 is 0 Å². The minimum absolute atomic E-state index is 0.0284. The summed E-state index contributed by atoms with van der Waals surface area (Å²) in [5.41, 5.74) is 2.85. The van der Waals surface area contributed by atoms with Crippen molar-refractivity contribution in [1.82, 2.24) is 10.3 Å². The van der Waals surface area contributed by atoms with Gasteiger partial charge in [0.2, 0.25) is 0 Å². The van der Waals surface area contributed by atoms with E-state index in [1.165, 1.54) is 0 Å². The van der Waals surface area contributed by atoms with Gasteiger partial charge in [-0.2, -0.15) is 0 Å². The number of aryl methyl sites for hydroxylation is 2. The van der Waals surface area contributed by atoms with Gasteiger partial charge in [0.1, 0.15) is 5.82 Å². The van der Waals surface area contributed by atoms with Gasteiger partial charge in [-0.1, -0.05) is 13.0 Å².